The smallest absolute Gasteiger partial charge is 0.391 e. The molecule has 0 spiro atoms. The molecule has 0 bridgehead atoms. The number of pyridine rings is 1. The predicted molar refractivity (Wildman–Crippen MR) is 233 cm³/mol. The van der Waals surface area contributed by atoms with Gasteiger partial charge in [0.1, 0.15) is 39.9 Å². The van der Waals surface area contributed by atoms with E-state index in [9.17, 15) is 40.8 Å². The number of nitrogens with zero attached hydrogens (tertiary/aromatic N) is 4. The molecule has 0 unspecified atom stereocenters. The van der Waals surface area contributed by atoms with Gasteiger partial charge in [-0.1, -0.05) is 38.8 Å². The molecule has 2 aliphatic carbocycles. The van der Waals surface area contributed by atoms with Gasteiger partial charge < -0.3 is 24.6 Å². The van der Waals surface area contributed by atoms with Crippen LogP contribution in [0.25, 0.3) is 21.6 Å². The Hall–Kier alpha value is -4.78. The molecular formula is C45H55F3N6O8S2. The molecule has 4 amide bonds. The van der Waals surface area contributed by atoms with Crippen LogP contribution in [0.15, 0.2) is 41.8 Å². The van der Waals surface area contributed by atoms with Crippen molar-refractivity contribution in [2.45, 2.75) is 126 Å². The zero-order valence-corrected chi connectivity index (χ0v) is 37.8. The number of ether oxygens (including phenoxy) is 2. The summed E-state index contributed by atoms with van der Waals surface area (Å²) < 4.78 is 80.9. The van der Waals surface area contributed by atoms with E-state index >= 15 is 0 Å². The Morgan fingerprint density at radius 1 is 1.05 bits per heavy atom. The summed E-state index contributed by atoms with van der Waals surface area (Å²) in [5, 5.41) is 5.50. The maximum absolute atomic E-state index is 14.9. The van der Waals surface area contributed by atoms with Crippen LogP contribution in [0, 0.1) is 17.8 Å². The van der Waals surface area contributed by atoms with Gasteiger partial charge >= 0.3 is 6.18 Å². The highest BCUT2D eigenvalue weighted by Gasteiger charge is 2.62. The van der Waals surface area contributed by atoms with Crippen molar-refractivity contribution < 1.29 is 50.2 Å². The van der Waals surface area contributed by atoms with Crippen molar-refractivity contribution in [3.63, 3.8) is 0 Å². The molecule has 14 nitrogen and oxygen atoms in total. The lowest BCUT2D eigenvalue weighted by Gasteiger charge is -2.34. The van der Waals surface area contributed by atoms with Crippen LogP contribution in [-0.4, -0.2) is 108 Å². The molecule has 8 rings (SSSR count). The van der Waals surface area contributed by atoms with Crippen LogP contribution in [0.1, 0.15) is 103 Å². The molecule has 1 aromatic carbocycles. The number of likely N-dealkylation sites (tertiary alicyclic amines) is 1. The minimum absolute atomic E-state index is 0.00811. The van der Waals surface area contributed by atoms with Crippen molar-refractivity contribution in [2.24, 2.45) is 17.8 Å². The number of methoxy groups -OCH3 is 1. The Morgan fingerprint density at radius 2 is 1.81 bits per heavy atom. The molecule has 5 atom stereocenters. The van der Waals surface area contributed by atoms with Crippen molar-refractivity contribution in [3.05, 3.63) is 47.5 Å². The van der Waals surface area contributed by atoms with Crippen LogP contribution >= 0.6 is 11.3 Å². The van der Waals surface area contributed by atoms with E-state index < -0.39 is 80.5 Å². The maximum Gasteiger partial charge on any atom is 0.391 e. The van der Waals surface area contributed by atoms with E-state index in [1.165, 1.54) is 21.1 Å². The SMILES string of the molecule is COc1ccc2c(O[C@@H]3C[C@H]4C(=O)N[C@@]5(C(=O)NS(=O)(=O)C6CC6)C[C@@H]5/C=C\CCCCC[C@H](CC(=O)N5CCC(C(F)(F)F)CC5)C(=O)N4C3)cc(-c3nc(C(C)C)cs3)nc2c1. The van der Waals surface area contributed by atoms with Crippen molar-refractivity contribution in [2.75, 3.05) is 26.7 Å². The van der Waals surface area contributed by atoms with E-state index in [2.05, 4.69) is 10.0 Å². The number of thiazole rings is 1. The predicted octanol–water partition coefficient (Wildman–Crippen LogP) is 6.65. The van der Waals surface area contributed by atoms with Gasteiger partial charge in [-0.2, -0.15) is 13.2 Å². The fourth-order valence-corrected chi connectivity index (χ4v) is 11.4. The van der Waals surface area contributed by atoms with Crippen LogP contribution < -0.4 is 19.5 Å². The number of hydrogen-bond acceptors (Lipinski definition) is 11. The minimum atomic E-state index is -4.35. The van der Waals surface area contributed by atoms with Gasteiger partial charge in [0.25, 0.3) is 5.91 Å². The fourth-order valence-electron chi connectivity index (χ4n) is 9.13. The van der Waals surface area contributed by atoms with Crippen LogP contribution in [0.5, 0.6) is 11.5 Å². The van der Waals surface area contributed by atoms with Gasteiger partial charge in [0.15, 0.2) is 0 Å². The van der Waals surface area contributed by atoms with E-state index in [1.807, 2.05) is 37.4 Å². The Labute approximate surface area is 374 Å². The fraction of sp³-hybridized carbons (Fsp3) is 0.600. The molecule has 5 heterocycles. The standard InChI is InChI=1S/C45H55F3N6O8S2/c1-26(2)36-25-63-41(50-36)35-22-38(33-14-11-30(61-3)20-34(33)49-35)62-31-21-37-40(56)51-44(43(58)52-64(59,60)32-12-13-32)23-29(44)10-8-6-4-5-7-9-27(42(57)54(37)24-31)19-39(55)53-17-15-28(16-18-53)45(46,47)48/h8,10-11,14,20,22,25-29,31-32,37H,4-7,9,12-13,15-19,21,23-24H2,1-3H3,(H,51,56)(H,52,58)/b10-8-/t27-,29+,31-,37+,44+/m1/s1. The molecule has 5 aliphatic rings. The average Bonchev–Trinajstić information content (AvgIpc) is 4.13. The Morgan fingerprint density at radius 3 is 2.50 bits per heavy atom. The molecule has 2 aromatic heterocycles. The van der Waals surface area contributed by atoms with E-state index in [4.69, 9.17) is 19.4 Å². The Kier molecular flexibility index (Phi) is 13.0. The maximum atomic E-state index is 14.9. The zero-order valence-electron chi connectivity index (χ0n) is 36.2. The number of benzene rings is 1. The molecule has 2 N–H and O–H groups in total. The Bertz CT molecular complexity index is 2410. The average molecular weight is 929 g/mol. The molecule has 64 heavy (non-hydrogen) atoms. The molecule has 4 fully saturated rings. The largest absolute Gasteiger partial charge is 0.497 e. The first-order valence-corrected chi connectivity index (χ1v) is 24.7. The lowest BCUT2D eigenvalue weighted by atomic mass is 9.92. The number of carbonyl (C=O) groups excluding carboxylic acids is 4. The second kappa shape index (κ2) is 18.2. The number of halogens is 3. The van der Waals surface area contributed by atoms with Crippen molar-refractivity contribution >= 4 is 55.9 Å². The van der Waals surface area contributed by atoms with Gasteiger partial charge in [-0.15, -0.1) is 11.3 Å². The number of sulfonamides is 1. The third-order valence-corrected chi connectivity index (χ3v) is 16.0. The first-order valence-electron chi connectivity index (χ1n) is 22.3. The van der Waals surface area contributed by atoms with Gasteiger partial charge in [-0.3, -0.25) is 23.9 Å². The number of amides is 4. The van der Waals surface area contributed by atoms with Gasteiger partial charge in [0.05, 0.1) is 36.0 Å². The molecule has 2 saturated carbocycles. The van der Waals surface area contributed by atoms with Crippen molar-refractivity contribution in [1.82, 2.24) is 29.8 Å². The normalized spacial score (nSPS) is 26.7. The number of aromatic nitrogens is 2. The number of allylic oxidation sites excluding steroid dienone is 1. The highest BCUT2D eigenvalue weighted by molar-refractivity contribution is 7.91. The Balaban J connectivity index is 1.11. The number of hydrogen-bond donors (Lipinski definition) is 2. The molecule has 3 aliphatic heterocycles. The molecule has 19 heteroatoms. The summed E-state index contributed by atoms with van der Waals surface area (Å²) in [6, 6.07) is 5.96. The third kappa shape index (κ3) is 9.89. The summed E-state index contributed by atoms with van der Waals surface area (Å²) >= 11 is 1.44. The lowest BCUT2D eigenvalue weighted by Crippen LogP contribution is -2.57. The summed E-state index contributed by atoms with van der Waals surface area (Å²) in [4.78, 5) is 69.8. The van der Waals surface area contributed by atoms with Crippen molar-refractivity contribution in [3.8, 4) is 22.2 Å². The molecule has 2 saturated heterocycles. The first-order chi connectivity index (χ1) is 30.5. The summed E-state index contributed by atoms with van der Waals surface area (Å²) in [6.45, 7) is 3.88. The van der Waals surface area contributed by atoms with Crippen LogP contribution in [0.3, 0.4) is 0 Å². The van der Waals surface area contributed by atoms with Crippen LogP contribution in [0.2, 0.25) is 0 Å². The lowest BCUT2D eigenvalue weighted by molar-refractivity contribution is -0.186. The van der Waals surface area contributed by atoms with Crippen molar-refractivity contribution in [1.29, 1.82) is 0 Å². The van der Waals surface area contributed by atoms with Gasteiger partial charge in [0.2, 0.25) is 27.7 Å². The number of nitrogens with one attached hydrogen (secondary N) is 2. The number of carbonyl (C=O) groups is 4. The number of rotatable bonds is 10. The van der Waals surface area contributed by atoms with Gasteiger partial charge in [-0.25, -0.2) is 18.4 Å². The van der Waals surface area contributed by atoms with Crippen LogP contribution in [0.4, 0.5) is 13.2 Å². The quantitative estimate of drug-likeness (QED) is 0.210. The second-order valence-corrected chi connectivity index (χ2v) is 21.0. The van der Waals surface area contributed by atoms with Gasteiger partial charge in [0, 0.05) is 60.7 Å². The van der Waals surface area contributed by atoms with E-state index in [0.29, 0.717) is 71.6 Å². The highest BCUT2D eigenvalue weighted by atomic mass is 32.2. The van der Waals surface area contributed by atoms with Crippen LogP contribution in [-0.2, 0) is 29.2 Å². The number of alkyl halides is 3. The number of piperidine rings is 1. The summed E-state index contributed by atoms with van der Waals surface area (Å²) in [6.07, 6.45) is 1.96. The minimum Gasteiger partial charge on any atom is -0.497 e. The molecular weight excluding hydrogens is 874 g/mol. The first kappa shape index (κ1) is 45.8. The topological polar surface area (TPSA) is 177 Å². The molecule has 0 radical (unpaired) electrons. The summed E-state index contributed by atoms with van der Waals surface area (Å²) in [7, 11) is -2.40. The summed E-state index contributed by atoms with van der Waals surface area (Å²) in [5.74, 6) is -4.09. The molecule has 3 aromatic rings. The number of fused-ring (bicyclic) bond motifs is 3. The van der Waals surface area contributed by atoms with E-state index in [1.54, 1.807) is 25.3 Å². The highest BCUT2D eigenvalue weighted by Crippen LogP contribution is 2.46. The van der Waals surface area contributed by atoms with E-state index in [0.717, 1.165) is 12.1 Å². The third-order valence-electron chi connectivity index (χ3n) is 13.3. The monoisotopic (exact) mass is 928 g/mol. The molecule has 346 valence electrons. The van der Waals surface area contributed by atoms with E-state index in [-0.39, 0.29) is 57.7 Å². The second-order valence-electron chi connectivity index (χ2n) is 18.2. The zero-order chi connectivity index (χ0) is 45.6. The van der Waals surface area contributed by atoms with Gasteiger partial charge in [-0.05, 0) is 69.4 Å². The summed E-state index contributed by atoms with van der Waals surface area (Å²) in [5.41, 5.74) is 0.450.